The Balaban J connectivity index is 1.69. The second-order valence-electron chi connectivity index (χ2n) is 6.95. The topological polar surface area (TPSA) is 28.2 Å². The van der Waals surface area contributed by atoms with E-state index in [1.165, 1.54) is 60.9 Å². The average molecular weight is 308 g/mol. The molecule has 0 radical (unpaired) electrons. The molecule has 118 valence electrons. The molecule has 0 aromatic carbocycles. The third-order valence-electron chi connectivity index (χ3n) is 4.81. The zero-order valence-electron chi connectivity index (χ0n) is 13.7. The highest BCUT2D eigenvalue weighted by Crippen LogP contribution is 2.44. The lowest BCUT2D eigenvalue weighted by Crippen LogP contribution is -2.33. The van der Waals surface area contributed by atoms with E-state index in [2.05, 4.69) is 31.0 Å². The van der Waals surface area contributed by atoms with Gasteiger partial charge in [0.2, 0.25) is 0 Å². The van der Waals surface area contributed by atoms with Crippen molar-refractivity contribution in [2.75, 3.05) is 18.0 Å². The first-order valence-electron chi connectivity index (χ1n) is 8.65. The summed E-state index contributed by atoms with van der Waals surface area (Å²) in [6, 6.07) is 0.544. The minimum atomic E-state index is 0.544. The number of hydrogen-bond donors (Lipinski definition) is 1. The maximum Gasteiger partial charge on any atom is 0.185 e. The van der Waals surface area contributed by atoms with Gasteiger partial charge in [0.25, 0.3) is 0 Å². The summed E-state index contributed by atoms with van der Waals surface area (Å²) in [4.78, 5) is 9.04. The Hall–Kier alpha value is -0.610. The van der Waals surface area contributed by atoms with Gasteiger partial charge in [-0.25, -0.2) is 4.98 Å². The van der Waals surface area contributed by atoms with E-state index in [4.69, 9.17) is 4.98 Å². The molecule has 1 saturated heterocycles. The molecule has 0 amide bonds. The monoisotopic (exact) mass is 307 g/mol. The highest BCUT2D eigenvalue weighted by molar-refractivity contribution is 7.15. The van der Waals surface area contributed by atoms with E-state index >= 15 is 0 Å². The molecular formula is C17H29N3S. The Morgan fingerprint density at radius 1 is 1.24 bits per heavy atom. The molecule has 1 aliphatic heterocycles. The van der Waals surface area contributed by atoms with Gasteiger partial charge in [-0.15, -0.1) is 11.3 Å². The van der Waals surface area contributed by atoms with Crippen molar-refractivity contribution in [1.82, 2.24) is 10.3 Å². The number of anilines is 1. The van der Waals surface area contributed by atoms with Crippen LogP contribution in [0.25, 0.3) is 0 Å². The number of nitrogens with one attached hydrogen (secondary N) is 1. The maximum atomic E-state index is 5.03. The van der Waals surface area contributed by atoms with Gasteiger partial charge < -0.3 is 10.2 Å². The van der Waals surface area contributed by atoms with Crippen LogP contribution in [0.4, 0.5) is 5.13 Å². The molecule has 3 rings (SSSR count). The lowest BCUT2D eigenvalue weighted by Gasteiger charge is -2.31. The summed E-state index contributed by atoms with van der Waals surface area (Å²) in [5, 5.41) is 4.85. The average Bonchev–Trinajstić information content (AvgIpc) is 3.25. The Morgan fingerprint density at radius 3 is 2.52 bits per heavy atom. The van der Waals surface area contributed by atoms with Crippen LogP contribution in [0, 0.1) is 5.92 Å². The van der Waals surface area contributed by atoms with E-state index in [1.54, 1.807) is 0 Å². The standard InChI is InChI=1S/C17H29N3S/c1-4-13-7-9-20(10-8-13)17-19-16(14-5-6-14)15(21-17)11-18-12(2)3/h12-14,18H,4-11H2,1-3H3. The predicted octanol–water partition coefficient (Wildman–Crippen LogP) is 4.14. The van der Waals surface area contributed by atoms with Crippen molar-refractivity contribution >= 4 is 16.5 Å². The van der Waals surface area contributed by atoms with Crippen molar-refractivity contribution in [3.8, 4) is 0 Å². The molecule has 1 aliphatic carbocycles. The first kappa shape index (κ1) is 15.3. The molecule has 0 atom stereocenters. The van der Waals surface area contributed by atoms with Gasteiger partial charge >= 0.3 is 0 Å². The molecule has 3 nitrogen and oxygen atoms in total. The smallest absolute Gasteiger partial charge is 0.185 e. The van der Waals surface area contributed by atoms with Crippen molar-refractivity contribution in [2.24, 2.45) is 5.92 Å². The Morgan fingerprint density at radius 2 is 1.95 bits per heavy atom. The fourth-order valence-electron chi connectivity index (χ4n) is 3.12. The summed E-state index contributed by atoms with van der Waals surface area (Å²) >= 11 is 1.94. The van der Waals surface area contributed by atoms with Crippen LogP contribution in [-0.2, 0) is 6.54 Å². The SMILES string of the molecule is CCC1CCN(c2nc(C3CC3)c(CNC(C)C)s2)CC1. The van der Waals surface area contributed by atoms with Crippen LogP contribution in [0.3, 0.4) is 0 Å². The van der Waals surface area contributed by atoms with Crippen LogP contribution in [0.1, 0.15) is 69.4 Å². The second kappa shape index (κ2) is 6.66. The van der Waals surface area contributed by atoms with E-state index in [1.807, 2.05) is 11.3 Å². The van der Waals surface area contributed by atoms with E-state index in [9.17, 15) is 0 Å². The van der Waals surface area contributed by atoms with Gasteiger partial charge in [0.1, 0.15) is 0 Å². The zero-order valence-corrected chi connectivity index (χ0v) is 14.5. The van der Waals surface area contributed by atoms with E-state index in [-0.39, 0.29) is 0 Å². The van der Waals surface area contributed by atoms with Crippen LogP contribution in [-0.4, -0.2) is 24.1 Å². The molecule has 0 bridgehead atoms. The lowest BCUT2D eigenvalue weighted by molar-refractivity contribution is 0.395. The highest BCUT2D eigenvalue weighted by atomic mass is 32.1. The quantitative estimate of drug-likeness (QED) is 0.856. The molecule has 4 heteroatoms. The van der Waals surface area contributed by atoms with Gasteiger partial charge in [-0.05, 0) is 31.6 Å². The van der Waals surface area contributed by atoms with Gasteiger partial charge in [0, 0.05) is 36.5 Å². The number of hydrogen-bond acceptors (Lipinski definition) is 4. The van der Waals surface area contributed by atoms with Gasteiger partial charge in [0.05, 0.1) is 5.69 Å². The first-order valence-corrected chi connectivity index (χ1v) is 9.47. The highest BCUT2D eigenvalue weighted by Gasteiger charge is 2.31. The normalized spacial score (nSPS) is 20.5. The summed E-state index contributed by atoms with van der Waals surface area (Å²) in [7, 11) is 0. The van der Waals surface area contributed by atoms with Crippen molar-refractivity contribution in [3.05, 3.63) is 10.6 Å². The fourth-order valence-corrected chi connectivity index (χ4v) is 4.27. The fraction of sp³-hybridized carbons (Fsp3) is 0.824. The predicted molar refractivity (Wildman–Crippen MR) is 91.3 cm³/mol. The van der Waals surface area contributed by atoms with Gasteiger partial charge in [-0.3, -0.25) is 0 Å². The zero-order chi connectivity index (χ0) is 14.8. The number of rotatable bonds is 6. The van der Waals surface area contributed by atoms with E-state index < -0.39 is 0 Å². The van der Waals surface area contributed by atoms with Crippen LogP contribution >= 0.6 is 11.3 Å². The molecule has 1 aromatic rings. The number of nitrogens with zero attached hydrogens (tertiary/aromatic N) is 2. The Labute approximate surface area is 133 Å². The number of thiazole rings is 1. The van der Waals surface area contributed by atoms with Crippen LogP contribution in [0.5, 0.6) is 0 Å². The molecule has 1 N–H and O–H groups in total. The van der Waals surface area contributed by atoms with E-state index in [0.717, 1.165) is 18.4 Å². The van der Waals surface area contributed by atoms with Gasteiger partial charge in [0.15, 0.2) is 5.13 Å². The van der Waals surface area contributed by atoms with Crippen molar-refractivity contribution in [3.63, 3.8) is 0 Å². The molecule has 0 spiro atoms. The van der Waals surface area contributed by atoms with E-state index in [0.29, 0.717) is 6.04 Å². The van der Waals surface area contributed by atoms with Gasteiger partial charge in [-0.2, -0.15) is 0 Å². The second-order valence-corrected chi connectivity index (χ2v) is 8.02. The third-order valence-corrected chi connectivity index (χ3v) is 5.95. The van der Waals surface area contributed by atoms with Crippen molar-refractivity contribution in [1.29, 1.82) is 0 Å². The molecule has 0 unspecified atom stereocenters. The summed E-state index contributed by atoms with van der Waals surface area (Å²) in [6.45, 7) is 10.2. The first-order chi connectivity index (χ1) is 10.2. The summed E-state index contributed by atoms with van der Waals surface area (Å²) in [5.41, 5.74) is 1.40. The van der Waals surface area contributed by atoms with Crippen molar-refractivity contribution < 1.29 is 0 Å². The molecule has 21 heavy (non-hydrogen) atoms. The largest absolute Gasteiger partial charge is 0.348 e. The lowest BCUT2D eigenvalue weighted by atomic mass is 9.95. The van der Waals surface area contributed by atoms with Crippen LogP contribution in [0.2, 0.25) is 0 Å². The number of piperidine rings is 1. The molecule has 1 aromatic heterocycles. The third kappa shape index (κ3) is 3.78. The van der Waals surface area contributed by atoms with Crippen molar-refractivity contribution in [2.45, 2.75) is 71.4 Å². The minimum Gasteiger partial charge on any atom is -0.348 e. The summed E-state index contributed by atoms with van der Waals surface area (Å²) in [5.74, 6) is 1.69. The summed E-state index contributed by atoms with van der Waals surface area (Å²) < 4.78 is 0. The molecule has 2 aliphatic rings. The molecule has 1 saturated carbocycles. The Kier molecular flexibility index (Phi) is 4.85. The molecule has 2 heterocycles. The summed E-state index contributed by atoms with van der Waals surface area (Å²) in [6.07, 6.45) is 6.71. The maximum absolute atomic E-state index is 5.03. The molecular weight excluding hydrogens is 278 g/mol. The Bertz CT molecular complexity index is 457. The minimum absolute atomic E-state index is 0.544. The van der Waals surface area contributed by atoms with Crippen LogP contribution in [0.15, 0.2) is 0 Å². The van der Waals surface area contributed by atoms with Gasteiger partial charge in [-0.1, -0.05) is 27.2 Å². The number of aromatic nitrogens is 1. The molecule has 2 fully saturated rings. The van der Waals surface area contributed by atoms with Crippen LogP contribution < -0.4 is 10.2 Å².